The van der Waals surface area contributed by atoms with Gasteiger partial charge in [-0.05, 0) is 37.1 Å². The lowest BCUT2D eigenvalue weighted by molar-refractivity contribution is -0.146. The van der Waals surface area contributed by atoms with Gasteiger partial charge in [-0.2, -0.15) is 0 Å². The number of benzene rings is 1. The first-order chi connectivity index (χ1) is 12.4. The van der Waals surface area contributed by atoms with Crippen molar-refractivity contribution in [2.75, 3.05) is 13.7 Å². The van der Waals surface area contributed by atoms with Crippen molar-refractivity contribution in [2.24, 2.45) is 5.92 Å². The highest BCUT2D eigenvalue weighted by Gasteiger charge is 2.26. The number of rotatable bonds is 8. The lowest BCUT2D eigenvalue weighted by Crippen LogP contribution is -2.47. The molecule has 2 aromatic rings. The van der Waals surface area contributed by atoms with Crippen LogP contribution in [0.15, 0.2) is 29.6 Å². The summed E-state index contributed by atoms with van der Waals surface area (Å²) in [6, 6.07) is 6.73. The van der Waals surface area contributed by atoms with E-state index in [2.05, 4.69) is 10.3 Å². The molecule has 0 aliphatic carbocycles. The molecule has 1 amide bonds. The zero-order chi connectivity index (χ0) is 19.1. The van der Waals surface area contributed by atoms with Gasteiger partial charge in [-0.25, -0.2) is 9.78 Å². The molecule has 0 aliphatic rings. The van der Waals surface area contributed by atoms with E-state index in [0.29, 0.717) is 5.75 Å². The van der Waals surface area contributed by atoms with Gasteiger partial charge < -0.3 is 14.8 Å². The highest BCUT2D eigenvalue weighted by atomic mass is 32.1. The molecule has 1 heterocycles. The Labute approximate surface area is 157 Å². The van der Waals surface area contributed by atoms with E-state index >= 15 is 0 Å². The van der Waals surface area contributed by atoms with Crippen LogP contribution in [-0.2, 0) is 14.3 Å². The number of aryl methyl sites for hydroxylation is 1. The van der Waals surface area contributed by atoms with E-state index in [9.17, 15) is 9.59 Å². The molecule has 6 nitrogen and oxygen atoms in total. The molecule has 2 atom stereocenters. The van der Waals surface area contributed by atoms with E-state index < -0.39 is 12.0 Å². The van der Waals surface area contributed by atoms with E-state index in [4.69, 9.17) is 9.47 Å². The van der Waals surface area contributed by atoms with Crippen molar-refractivity contribution in [3.63, 3.8) is 0 Å². The lowest BCUT2D eigenvalue weighted by atomic mass is 9.99. The van der Waals surface area contributed by atoms with Crippen LogP contribution in [0.1, 0.15) is 26.0 Å². The number of carbonyl (C=O) groups excluding carboxylic acids is 2. The molecule has 1 aromatic carbocycles. The van der Waals surface area contributed by atoms with E-state index in [0.717, 1.165) is 22.7 Å². The molecule has 0 saturated carbocycles. The molecule has 0 unspecified atom stereocenters. The van der Waals surface area contributed by atoms with Crippen LogP contribution >= 0.6 is 11.3 Å². The maximum Gasteiger partial charge on any atom is 0.328 e. The SMILES string of the molecule is CC[C@@H](C)[C@H](NC(=O)COc1ccc(-c2nc(C)cs2)cc1)C(=O)OC. The third-order valence-corrected chi connectivity index (χ3v) is 5.08. The van der Waals surface area contributed by atoms with Gasteiger partial charge in [0.25, 0.3) is 5.91 Å². The van der Waals surface area contributed by atoms with E-state index in [1.54, 1.807) is 23.5 Å². The van der Waals surface area contributed by atoms with Crippen molar-refractivity contribution in [2.45, 2.75) is 33.2 Å². The fraction of sp³-hybridized carbons (Fsp3) is 0.421. The van der Waals surface area contributed by atoms with Crippen LogP contribution in [0.5, 0.6) is 5.75 Å². The van der Waals surface area contributed by atoms with E-state index in [1.807, 2.05) is 38.3 Å². The van der Waals surface area contributed by atoms with Gasteiger partial charge in [0.05, 0.1) is 7.11 Å². The number of esters is 1. The molecule has 0 bridgehead atoms. The largest absolute Gasteiger partial charge is 0.484 e. The van der Waals surface area contributed by atoms with Gasteiger partial charge >= 0.3 is 5.97 Å². The number of amides is 1. The van der Waals surface area contributed by atoms with E-state index in [-0.39, 0.29) is 18.4 Å². The number of hydrogen-bond acceptors (Lipinski definition) is 6. The summed E-state index contributed by atoms with van der Waals surface area (Å²) in [4.78, 5) is 28.4. The monoisotopic (exact) mass is 376 g/mol. The number of hydrogen-bond donors (Lipinski definition) is 1. The van der Waals surface area contributed by atoms with Crippen LogP contribution < -0.4 is 10.1 Å². The summed E-state index contributed by atoms with van der Waals surface area (Å²) >= 11 is 1.58. The molecule has 0 saturated heterocycles. The van der Waals surface area contributed by atoms with Gasteiger partial charge in [0, 0.05) is 16.6 Å². The van der Waals surface area contributed by atoms with Crippen LogP contribution in [0.25, 0.3) is 10.6 Å². The summed E-state index contributed by atoms with van der Waals surface area (Å²) in [7, 11) is 1.31. The fourth-order valence-electron chi connectivity index (χ4n) is 2.34. The van der Waals surface area contributed by atoms with Crippen LogP contribution in [0.4, 0.5) is 0 Å². The fourth-order valence-corrected chi connectivity index (χ4v) is 3.14. The maximum absolute atomic E-state index is 12.1. The first-order valence-corrected chi connectivity index (χ1v) is 9.35. The third-order valence-electron chi connectivity index (χ3n) is 4.07. The Bertz CT molecular complexity index is 742. The Hall–Kier alpha value is -2.41. The van der Waals surface area contributed by atoms with Crippen LogP contribution in [0, 0.1) is 12.8 Å². The molecule has 26 heavy (non-hydrogen) atoms. The molecular formula is C19H24N2O4S. The zero-order valence-electron chi connectivity index (χ0n) is 15.4. The van der Waals surface area contributed by atoms with Crippen LogP contribution in [-0.4, -0.2) is 36.6 Å². The summed E-state index contributed by atoms with van der Waals surface area (Å²) in [6.07, 6.45) is 0.749. The molecule has 0 spiro atoms. The van der Waals surface area contributed by atoms with Crippen molar-refractivity contribution in [3.05, 3.63) is 35.3 Å². The van der Waals surface area contributed by atoms with Crippen molar-refractivity contribution in [3.8, 4) is 16.3 Å². The Kier molecular flexibility index (Phi) is 7.15. The highest BCUT2D eigenvalue weighted by Crippen LogP contribution is 2.25. The smallest absolute Gasteiger partial charge is 0.328 e. The molecule has 0 aliphatic heterocycles. The summed E-state index contributed by atoms with van der Waals surface area (Å²) in [5.74, 6) is -0.251. The number of carbonyl (C=O) groups is 2. The number of nitrogens with one attached hydrogen (secondary N) is 1. The molecule has 1 N–H and O–H groups in total. The number of nitrogens with zero attached hydrogens (tertiary/aromatic N) is 1. The van der Waals surface area contributed by atoms with Crippen molar-refractivity contribution < 1.29 is 19.1 Å². The van der Waals surface area contributed by atoms with Gasteiger partial charge in [0.1, 0.15) is 16.8 Å². The highest BCUT2D eigenvalue weighted by molar-refractivity contribution is 7.13. The quantitative estimate of drug-likeness (QED) is 0.716. The standard InChI is InChI=1S/C19H24N2O4S/c1-5-12(2)17(19(23)24-4)21-16(22)10-25-15-8-6-14(7-9-15)18-20-13(3)11-26-18/h6-9,11-12,17H,5,10H2,1-4H3,(H,21,22)/t12-,17+/m1/s1. The van der Waals surface area contributed by atoms with Crippen LogP contribution in [0.2, 0.25) is 0 Å². The van der Waals surface area contributed by atoms with Gasteiger partial charge in [0.2, 0.25) is 0 Å². The number of aromatic nitrogens is 1. The molecule has 1 aromatic heterocycles. The molecule has 2 rings (SSSR count). The number of methoxy groups -OCH3 is 1. The van der Waals surface area contributed by atoms with Crippen molar-refractivity contribution in [1.82, 2.24) is 10.3 Å². The second-order valence-corrected chi connectivity index (χ2v) is 6.92. The second-order valence-electron chi connectivity index (χ2n) is 6.06. The zero-order valence-corrected chi connectivity index (χ0v) is 16.3. The van der Waals surface area contributed by atoms with Gasteiger partial charge in [0.15, 0.2) is 6.61 Å². The Morgan fingerprint density at radius 1 is 1.27 bits per heavy atom. The Balaban J connectivity index is 1.91. The van der Waals surface area contributed by atoms with Crippen molar-refractivity contribution >= 4 is 23.2 Å². The predicted molar refractivity (Wildman–Crippen MR) is 101 cm³/mol. The third kappa shape index (κ3) is 5.29. The second kappa shape index (κ2) is 9.33. The van der Waals surface area contributed by atoms with Gasteiger partial charge in [-0.15, -0.1) is 11.3 Å². The summed E-state index contributed by atoms with van der Waals surface area (Å²) in [6.45, 7) is 5.63. The first kappa shape index (κ1) is 19.9. The minimum absolute atomic E-state index is 0.0209. The average Bonchev–Trinajstić information content (AvgIpc) is 3.10. The average molecular weight is 376 g/mol. The van der Waals surface area contributed by atoms with E-state index in [1.165, 1.54) is 7.11 Å². The van der Waals surface area contributed by atoms with Crippen molar-refractivity contribution in [1.29, 1.82) is 0 Å². The minimum atomic E-state index is -0.670. The normalized spacial score (nSPS) is 12.9. The molecular weight excluding hydrogens is 352 g/mol. The molecule has 140 valence electrons. The molecule has 0 fully saturated rings. The lowest BCUT2D eigenvalue weighted by Gasteiger charge is -2.21. The van der Waals surface area contributed by atoms with Crippen LogP contribution in [0.3, 0.4) is 0 Å². The summed E-state index contributed by atoms with van der Waals surface area (Å²) < 4.78 is 10.3. The predicted octanol–water partition coefficient (Wildman–Crippen LogP) is 3.20. The molecule has 7 heteroatoms. The minimum Gasteiger partial charge on any atom is -0.484 e. The Morgan fingerprint density at radius 2 is 1.96 bits per heavy atom. The first-order valence-electron chi connectivity index (χ1n) is 8.47. The topological polar surface area (TPSA) is 77.5 Å². The Morgan fingerprint density at radius 3 is 2.50 bits per heavy atom. The van der Waals surface area contributed by atoms with Gasteiger partial charge in [-0.1, -0.05) is 20.3 Å². The number of ether oxygens (including phenoxy) is 2. The summed E-state index contributed by atoms with van der Waals surface area (Å²) in [5.41, 5.74) is 1.99. The van der Waals surface area contributed by atoms with Gasteiger partial charge in [-0.3, -0.25) is 4.79 Å². The maximum atomic E-state index is 12.1. The summed E-state index contributed by atoms with van der Waals surface area (Å²) in [5, 5.41) is 5.63. The molecule has 0 radical (unpaired) electrons. The number of thiazole rings is 1.